The van der Waals surface area contributed by atoms with Crippen molar-refractivity contribution in [3.05, 3.63) is 82.0 Å². The molecule has 0 aromatic heterocycles. The number of benzene rings is 2. The minimum atomic E-state index is -1.02. The summed E-state index contributed by atoms with van der Waals surface area (Å²) >= 11 is 0. The Morgan fingerprint density at radius 3 is 2.02 bits per heavy atom. The number of carbonyl (C=O) groups is 2. The van der Waals surface area contributed by atoms with Gasteiger partial charge in [0.25, 0.3) is 0 Å². The van der Waals surface area contributed by atoms with Crippen molar-refractivity contribution in [1.82, 2.24) is 9.80 Å². The Hall–Kier alpha value is -3.30. The van der Waals surface area contributed by atoms with E-state index in [1.807, 2.05) is 6.92 Å². The van der Waals surface area contributed by atoms with Gasteiger partial charge in [-0.05, 0) is 99.7 Å². The van der Waals surface area contributed by atoms with Gasteiger partial charge in [0.15, 0.2) is 23.8 Å². The summed E-state index contributed by atoms with van der Waals surface area (Å²) < 4.78 is 18.8. The van der Waals surface area contributed by atoms with Crippen LogP contribution < -0.4 is 9.47 Å². The van der Waals surface area contributed by atoms with Crippen molar-refractivity contribution in [2.45, 2.75) is 101 Å². The average Bonchev–Trinajstić information content (AvgIpc) is 3.63. The van der Waals surface area contributed by atoms with Gasteiger partial charge in [-0.3, -0.25) is 19.4 Å². The number of nitrogens with zero attached hydrogens (tertiary/aromatic N) is 2. The van der Waals surface area contributed by atoms with Gasteiger partial charge in [0.2, 0.25) is 0 Å². The lowest BCUT2D eigenvalue weighted by atomic mass is 9.51. The third-order valence-electron chi connectivity index (χ3n) is 13.0. The molecule has 8 nitrogen and oxygen atoms in total. The highest BCUT2D eigenvalue weighted by molar-refractivity contribution is 5.99. The summed E-state index contributed by atoms with van der Waals surface area (Å²) in [5, 5.41) is 11.6. The highest BCUT2D eigenvalue weighted by atomic mass is 16.5. The predicted molar refractivity (Wildman–Crippen MR) is 173 cm³/mol. The van der Waals surface area contributed by atoms with E-state index < -0.39 is 23.2 Å². The van der Waals surface area contributed by atoms with E-state index in [9.17, 15) is 14.7 Å². The number of aliphatic hydroxyl groups is 1. The maximum Gasteiger partial charge on any atom is 0.196 e. The summed E-state index contributed by atoms with van der Waals surface area (Å²) in [5.41, 5.74) is 4.81. The fourth-order valence-corrected chi connectivity index (χ4v) is 11.0. The number of hydrogen-bond donors (Lipinski definition) is 1. The number of aryl methyl sites for hydroxylation is 2. The zero-order chi connectivity index (χ0) is 30.0. The van der Waals surface area contributed by atoms with Crippen molar-refractivity contribution in [1.29, 1.82) is 0 Å². The summed E-state index contributed by atoms with van der Waals surface area (Å²) in [4.78, 5) is 29.8. The van der Waals surface area contributed by atoms with Crippen LogP contribution in [-0.4, -0.2) is 88.8 Å². The molecule has 6 bridgehead atoms. The lowest BCUT2D eigenvalue weighted by molar-refractivity contribution is -0.151. The van der Waals surface area contributed by atoms with E-state index in [-0.39, 0.29) is 43.5 Å². The Labute approximate surface area is 271 Å². The first kappa shape index (κ1) is 30.1. The third kappa shape index (κ3) is 2.98. The molecule has 11 rings (SSSR count). The third-order valence-corrected chi connectivity index (χ3v) is 13.0. The van der Waals surface area contributed by atoms with Gasteiger partial charge in [0, 0.05) is 29.8 Å². The molecule has 5 aliphatic heterocycles. The molecule has 46 heavy (non-hydrogen) atoms. The molecule has 1 unspecified atom stereocenters. The highest BCUT2D eigenvalue weighted by Gasteiger charge is 2.75. The first-order valence-electron chi connectivity index (χ1n) is 16.0. The Balaban J connectivity index is 0.000000130. The molecule has 0 saturated carbocycles. The second-order valence-corrected chi connectivity index (χ2v) is 14.5. The molecule has 9 atom stereocenters. The van der Waals surface area contributed by atoms with Crippen molar-refractivity contribution in [3.63, 3.8) is 0 Å². The number of ketones is 2. The number of ether oxygens (including phenoxy) is 3. The summed E-state index contributed by atoms with van der Waals surface area (Å²) in [6.45, 7) is 6.62. The molecule has 2 aromatic rings. The maximum atomic E-state index is 12.6. The van der Waals surface area contributed by atoms with E-state index in [0.717, 1.165) is 67.0 Å². The first-order valence-corrected chi connectivity index (χ1v) is 16.0. The molecule has 3 spiro atoms. The Morgan fingerprint density at radius 2 is 1.35 bits per heavy atom. The van der Waals surface area contributed by atoms with E-state index in [2.05, 4.69) is 54.1 Å². The molecule has 0 amide bonds. The number of likely N-dealkylation sites (N-methyl/N-ethyl adjacent to an activating group) is 1. The smallest absolute Gasteiger partial charge is 0.196 e. The van der Waals surface area contributed by atoms with Gasteiger partial charge in [-0.25, -0.2) is 0 Å². The number of likely N-dealkylation sites (tertiary alicyclic amines) is 1. The van der Waals surface area contributed by atoms with Crippen LogP contribution in [0.2, 0.25) is 0 Å². The van der Waals surface area contributed by atoms with Crippen LogP contribution >= 0.6 is 0 Å². The number of rotatable bonds is 0. The van der Waals surface area contributed by atoms with Crippen molar-refractivity contribution >= 4 is 11.6 Å². The minimum Gasteiger partial charge on any atom is -0.481 e. The van der Waals surface area contributed by atoms with Gasteiger partial charge in [-0.1, -0.05) is 39.1 Å². The van der Waals surface area contributed by atoms with Crippen molar-refractivity contribution < 1.29 is 28.9 Å². The summed E-state index contributed by atoms with van der Waals surface area (Å²) in [6.07, 6.45) is 9.52. The molecule has 8 heteroatoms. The van der Waals surface area contributed by atoms with Gasteiger partial charge in [-0.2, -0.15) is 0 Å². The minimum absolute atomic E-state index is 0. The van der Waals surface area contributed by atoms with Gasteiger partial charge >= 0.3 is 0 Å². The van der Waals surface area contributed by atoms with Crippen LogP contribution in [0.3, 0.4) is 0 Å². The fraction of sp³-hybridized carbons (Fsp3) is 0.526. The first-order chi connectivity index (χ1) is 21.2. The van der Waals surface area contributed by atoms with Crippen LogP contribution in [0.4, 0.5) is 0 Å². The van der Waals surface area contributed by atoms with Crippen LogP contribution in [0.25, 0.3) is 0 Å². The van der Waals surface area contributed by atoms with E-state index in [0.29, 0.717) is 12.8 Å². The van der Waals surface area contributed by atoms with Gasteiger partial charge < -0.3 is 19.3 Å². The zero-order valence-electron chi connectivity index (χ0n) is 25.3. The van der Waals surface area contributed by atoms with E-state index in [1.54, 1.807) is 12.2 Å². The Morgan fingerprint density at radius 1 is 0.783 bits per heavy atom. The van der Waals surface area contributed by atoms with E-state index in [1.165, 1.54) is 22.8 Å². The van der Waals surface area contributed by atoms with Crippen LogP contribution in [0.1, 0.15) is 61.1 Å². The molecule has 1 N–H and O–H groups in total. The van der Waals surface area contributed by atoms with Gasteiger partial charge in [0.05, 0.1) is 10.8 Å². The SMILES string of the molecule is C.C.Cc1ccc2c3c1O[C@H]1C(=O)C=C[C@@]4(O)[C@@H](C2)N(C)CC[C@]314.Cc1ccc2c3c1O[C@H]1C(=O)C=C[C@]45OCN(CC[C@]314)[C@@H]5C2. The second kappa shape index (κ2) is 9.19. The molecule has 5 heterocycles. The van der Waals surface area contributed by atoms with Crippen molar-refractivity contribution in [2.24, 2.45) is 0 Å². The molecular weight excluding hydrogens is 580 g/mol. The largest absolute Gasteiger partial charge is 0.481 e. The molecule has 3 fully saturated rings. The quantitative estimate of drug-likeness (QED) is 0.473. The standard InChI is InChI=1S/C18H17NO3.C18H19NO3.2CH4/c1-10-2-3-11-8-13-18-5-4-12(20)16-17(18,14(11)15(10)22-16)6-7-19(13)9-21-18;1-10-3-4-11-9-13-18(21)6-5-12(20)16-17(18,7-8-19(13)2)14(11)15(10)22-16;;/h2-5,13,16H,6-9H2,1H3;3-6,13,16,21H,7-9H2,1-2H3;2*1H4/t2*13-,16+,17+,18-;;/m11../s1. The van der Waals surface area contributed by atoms with Crippen LogP contribution in [-0.2, 0) is 38.0 Å². The molecule has 2 aromatic carbocycles. The second-order valence-electron chi connectivity index (χ2n) is 14.5. The normalized spacial score (nSPS) is 41.6. The van der Waals surface area contributed by atoms with Crippen LogP contribution in [0.5, 0.6) is 11.5 Å². The predicted octanol–water partition coefficient (Wildman–Crippen LogP) is 3.89. The van der Waals surface area contributed by atoms with E-state index >= 15 is 0 Å². The Bertz CT molecular complexity index is 1790. The van der Waals surface area contributed by atoms with Crippen LogP contribution in [0, 0.1) is 13.8 Å². The highest BCUT2D eigenvalue weighted by Crippen LogP contribution is 2.66. The number of piperidine rings is 2. The lowest BCUT2D eigenvalue weighted by Gasteiger charge is -2.60. The van der Waals surface area contributed by atoms with Crippen molar-refractivity contribution in [2.75, 3.05) is 26.9 Å². The molecule has 3 saturated heterocycles. The monoisotopic (exact) mass is 624 g/mol. The maximum absolute atomic E-state index is 12.6. The lowest BCUT2D eigenvalue weighted by Crippen LogP contribution is -2.74. The topological polar surface area (TPSA) is 88.5 Å². The van der Waals surface area contributed by atoms with Gasteiger partial charge in [-0.15, -0.1) is 0 Å². The van der Waals surface area contributed by atoms with Crippen LogP contribution in [0.15, 0.2) is 48.6 Å². The fourth-order valence-electron chi connectivity index (χ4n) is 11.0. The number of hydrogen-bond acceptors (Lipinski definition) is 8. The number of carbonyl (C=O) groups excluding carboxylic acids is 2. The van der Waals surface area contributed by atoms with E-state index in [4.69, 9.17) is 14.2 Å². The summed E-state index contributed by atoms with van der Waals surface area (Å²) in [5.74, 6) is 1.86. The molecule has 0 radical (unpaired) electrons. The Kier molecular flexibility index (Phi) is 6.01. The average molecular weight is 625 g/mol. The summed E-state index contributed by atoms with van der Waals surface area (Å²) in [7, 11) is 2.06. The van der Waals surface area contributed by atoms with Crippen molar-refractivity contribution in [3.8, 4) is 11.5 Å². The molecule has 242 valence electrons. The molecule has 9 aliphatic rings. The van der Waals surface area contributed by atoms with Gasteiger partial charge in [0.1, 0.15) is 29.4 Å². The molecular formula is C38H44N2O6. The summed E-state index contributed by atoms with van der Waals surface area (Å²) in [6, 6.07) is 8.91. The molecule has 4 aliphatic carbocycles. The zero-order valence-corrected chi connectivity index (χ0v) is 25.3.